The summed E-state index contributed by atoms with van der Waals surface area (Å²) in [4.78, 5) is 0. The Morgan fingerprint density at radius 2 is 0.879 bits per heavy atom. The van der Waals surface area contributed by atoms with Gasteiger partial charge in [0, 0.05) is 38.3 Å². The number of furan rings is 1. The van der Waals surface area contributed by atoms with Crippen molar-refractivity contribution in [3.05, 3.63) is 229 Å². The molecule has 9 aromatic carbocycles. The smallest absolute Gasteiger partial charge is 0.145 e. The quantitative estimate of drug-likeness (QED) is 0.176. The summed E-state index contributed by atoms with van der Waals surface area (Å²) in [7, 11) is 0. The van der Waals surface area contributed by atoms with E-state index in [9.17, 15) is 0 Å². The molecule has 270 valence electrons. The molecule has 0 saturated heterocycles. The number of aromatic nitrogens is 2. The van der Waals surface area contributed by atoms with E-state index in [0.717, 1.165) is 55.1 Å². The minimum absolute atomic E-state index is 0.501. The van der Waals surface area contributed by atoms with Crippen molar-refractivity contribution in [2.75, 3.05) is 0 Å². The van der Waals surface area contributed by atoms with Gasteiger partial charge in [0.25, 0.3) is 0 Å². The number of hydrogen-bond acceptors (Lipinski definition) is 1. The van der Waals surface area contributed by atoms with E-state index in [1.807, 2.05) is 0 Å². The van der Waals surface area contributed by atoms with Crippen molar-refractivity contribution in [2.45, 2.75) is 5.41 Å². The molecule has 1 aliphatic rings. The molecule has 0 atom stereocenters. The molecular formula is C55H34N2O. The van der Waals surface area contributed by atoms with Crippen LogP contribution in [0.15, 0.2) is 211 Å². The van der Waals surface area contributed by atoms with Crippen LogP contribution in [0.25, 0.3) is 88.1 Å². The summed E-state index contributed by atoms with van der Waals surface area (Å²) in [6.45, 7) is 0. The Hall–Kier alpha value is -7.62. The van der Waals surface area contributed by atoms with Crippen molar-refractivity contribution in [3.63, 3.8) is 0 Å². The molecule has 58 heavy (non-hydrogen) atoms. The average Bonchev–Trinajstić information content (AvgIpc) is 4.02. The van der Waals surface area contributed by atoms with Gasteiger partial charge >= 0.3 is 0 Å². The standard InChI is InChI=1S/C55H34N2O/c1-3-15-35(16-4-1)55(36-17-5-2-6-18-36)46-23-11-7-19-39(46)40-29-27-38(34-47(40)55)57-50-31-28-37(56-48-24-12-8-20-41(48)42-21-9-13-25-49(42)56)33-45(50)53-51(57)32-30-44-43-22-10-14-26-52(43)58-54(44)53/h1-34H. The minimum atomic E-state index is -0.501. The number of fused-ring (bicyclic) bond motifs is 13. The van der Waals surface area contributed by atoms with E-state index in [1.165, 1.54) is 55.2 Å². The second-order valence-electron chi connectivity index (χ2n) is 15.6. The van der Waals surface area contributed by atoms with Gasteiger partial charge in [-0.15, -0.1) is 0 Å². The summed E-state index contributed by atoms with van der Waals surface area (Å²) in [6.07, 6.45) is 0. The number of nitrogens with zero attached hydrogens (tertiary/aromatic N) is 2. The van der Waals surface area contributed by atoms with Crippen molar-refractivity contribution in [1.82, 2.24) is 9.13 Å². The van der Waals surface area contributed by atoms with Crippen LogP contribution in [0.1, 0.15) is 22.3 Å². The molecule has 0 aliphatic heterocycles. The van der Waals surface area contributed by atoms with Gasteiger partial charge < -0.3 is 13.6 Å². The molecule has 3 aromatic heterocycles. The Kier molecular flexibility index (Phi) is 6.37. The van der Waals surface area contributed by atoms with Crippen molar-refractivity contribution >= 4 is 65.6 Å². The van der Waals surface area contributed by atoms with Crippen LogP contribution in [0.4, 0.5) is 0 Å². The normalized spacial score (nSPS) is 13.3. The average molecular weight is 739 g/mol. The molecule has 3 heteroatoms. The van der Waals surface area contributed by atoms with Crippen molar-refractivity contribution < 1.29 is 4.42 Å². The summed E-state index contributed by atoms with van der Waals surface area (Å²) in [5.74, 6) is 0. The lowest BCUT2D eigenvalue weighted by molar-refractivity contribution is 0.673. The Morgan fingerprint density at radius 3 is 1.62 bits per heavy atom. The lowest BCUT2D eigenvalue weighted by atomic mass is 9.67. The van der Waals surface area contributed by atoms with Crippen LogP contribution in [-0.2, 0) is 5.41 Å². The molecule has 0 bridgehead atoms. The summed E-state index contributed by atoms with van der Waals surface area (Å²) in [6, 6.07) is 75.5. The third kappa shape index (κ3) is 4.07. The first kappa shape index (κ1) is 31.6. The molecule has 12 aromatic rings. The first-order valence-electron chi connectivity index (χ1n) is 20.0. The second-order valence-corrected chi connectivity index (χ2v) is 15.6. The number of para-hydroxylation sites is 3. The van der Waals surface area contributed by atoms with Gasteiger partial charge in [-0.05, 0) is 94.0 Å². The summed E-state index contributed by atoms with van der Waals surface area (Å²) < 4.78 is 11.7. The third-order valence-electron chi connectivity index (χ3n) is 12.8. The number of hydrogen-bond donors (Lipinski definition) is 0. The van der Waals surface area contributed by atoms with Crippen LogP contribution >= 0.6 is 0 Å². The van der Waals surface area contributed by atoms with Crippen molar-refractivity contribution in [2.24, 2.45) is 0 Å². The lowest BCUT2D eigenvalue weighted by Gasteiger charge is -2.34. The van der Waals surface area contributed by atoms with Gasteiger partial charge in [0.1, 0.15) is 11.2 Å². The van der Waals surface area contributed by atoms with E-state index in [0.29, 0.717) is 0 Å². The van der Waals surface area contributed by atoms with E-state index in [1.54, 1.807) is 0 Å². The summed E-state index contributed by atoms with van der Waals surface area (Å²) in [5, 5.41) is 7.03. The summed E-state index contributed by atoms with van der Waals surface area (Å²) in [5.41, 5.74) is 15.8. The molecule has 0 fully saturated rings. The van der Waals surface area contributed by atoms with Crippen LogP contribution in [0.2, 0.25) is 0 Å². The van der Waals surface area contributed by atoms with Gasteiger partial charge in [0.05, 0.1) is 32.9 Å². The largest absolute Gasteiger partial charge is 0.455 e. The van der Waals surface area contributed by atoms with Crippen LogP contribution in [-0.4, -0.2) is 9.13 Å². The molecule has 0 radical (unpaired) electrons. The molecule has 0 spiro atoms. The molecule has 13 rings (SSSR count). The molecule has 3 nitrogen and oxygen atoms in total. The van der Waals surface area contributed by atoms with E-state index >= 15 is 0 Å². The predicted molar refractivity (Wildman–Crippen MR) is 240 cm³/mol. The first-order chi connectivity index (χ1) is 28.8. The third-order valence-corrected chi connectivity index (χ3v) is 12.8. The Balaban J connectivity index is 1.14. The zero-order valence-electron chi connectivity index (χ0n) is 31.4. The maximum Gasteiger partial charge on any atom is 0.145 e. The van der Waals surface area contributed by atoms with Gasteiger partial charge in [-0.3, -0.25) is 0 Å². The molecule has 0 saturated carbocycles. The lowest BCUT2D eigenvalue weighted by Crippen LogP contribution is -2.28. The highest BCUT2D eigenvalue weighted by Gasteiger charge is 2.46. The monoisotopic (exact) mass is 738 g/mol. The highest BCUT2D eigenvalue weighted by molar-refractivity contribution is 6.24. The van der Waals surface area contributed by atoms with Gasteiger partial charge in [0.15, 0.2) is 0 Å². The van der Waals surface area contributed by atoms with E-state index in [-0.39, 0.29) is 0 Å². The highest BCUT2D eigenvalue weighted by Crippen LogP contribution is 2.56. The number of benzene rings is 9. The van der Waals surface area contributed by atoms with Crippen molar-refractivity contribution in [3.8, 4) is 22.5 Å². The molecule has 0 amide bonds. The van der Waals surface area contributed by atoms with Crippen LogP contribution in [0.5, 0.6) is 0 Å². The minimum Gasteiger partial charge on any atom is -0.455 e. The fourth-order valence-electron chi connectivity index (χ4n) is 10.5. The highest BCUT2D eigenvalue weighted by atomic mass is 16.3. The van der Waals surface area contributed by atoms with Gasteiger partial charge in [0.2, 0.25) is 0 Å². The predicted octanol–water partition coefficient (Wildman–Crippen LogP) is 14.1. The molecule has 0 unspecified atom stereocenters. The van der Waals surface area contributed by atoms with Crippen LogP contribution < -0.4 is 0 Å². The maximum absolute atomic E-state index is 6.84. The van der Waals surface area contributed by atoms with Crippen molar-refractivity contribution in [1.29, 1.82) is 0 Å². The Bertz CT molecular complexity index is 3530. The first-order valence-corrected chi connectivity index (χ1v) is 20.0. The van der Waals surface area contributed by atoms with Crippen LogP contribution in [0.3, 0.4) is 0 Å². The maximum atomic E-state index is 6.84. The zero-order chi connectivity index (χ0) is 38.0. The molecule has 3 heterocycles. The van der Waals surface area contributed by atoms with Gasteiger partial charge in [-0.25, -0.2) is 0 Å². The van der Waals surface area contributed by atoms with E-state index in [2.05, 4.69) is 215 Å². The van der Waals surface area contributed by atoms with E-state index in [4.69, 9.17) is 4.42 Å². The Morgan fingerprint density at radius 1 is 0.345 bits per heavy atom. The van der Waals surface area contributed by atoms with E-state index < -0.39 is 5.41 Å². The SMILES string of the molecule is c1ccc(C2(c3ccccc3)c3ccccc3-c3ccc(-n4c5ccc(-n6c7ccccc7c7ccccc76)cc5c5c6oc7ccccc7c6ccc54)cc32)cc1. The molecular weight excluding hydrogens is 705 g/mol. The second kappa shape index (κ2) is 11.7. The Labute approximate surface area is 334 Å². The molecule has 1 aliphatic carbocycles. The fraction of sp³-hybridized carbons (Fsp3) is 0.0182. The fourth-order valence-corrected chi connectivity index (χ4v) is 10.5. The zero-order valence-corrected chi connectivity index (χ0v) is 31.4. The molecule has 0 N–H and O–H groups in total. The van der Waals surface area contributed by atoms with Crippen LogP contribution in [0, 0.1) is 0 Å². The topological polar surface area (TPSA) is 23.0 Å². The van der Waals surface area contributed by atoms with Gasteiger partial charge in [-0.1, -0.05) is 146 Å². The van der Waals surface area contributed by atoms with Gasteiger partial charge in [-0.2, -0.15) is 0 Å². The number of rotatable bonds is 4. The summed E-state index contributed by atoms with van der Waals surface area (Å²) >= 11 is 0.